The number of likely N-dealkylation sites (tertiary alicyclic amines) is 1. The molecule has 0 aromatic heterocycles. The maximum absolute atomic E-state index is 14.1. The van der Waals surface area contributed by atoms with Crippen LogP contribution in [0.4, 0.5) is 13.2 Å². The molecule has 2 aliphatic carbocycles. The first-order valence-corrected chi connectivity index (χ1v) is 15.9. The number of carbonyl (C=O) groups is 2. The number of esters is 1. The van der Waals surface area contributed by atoms with E-state index in [2.05, 4.69) is 17.5 Å². The molecule has 46 heavy (non-hydrogen) atoms. The van der Waals surface area contributed by atoms with E-state index in [4.69, 9.17) is 14.2 Å². The van der Waals surface area contributed by atoms with E-state index in [1.54, 1.807) is 13.2 Å². The molecule has 5 atom stereocenters. The van der Waals surface area contributed by atoms with Crippen LogP contribution in [0.3, 0.4) is 0 Å². The summed E-state index contributed by atoms with van der Waals surface area (Å²) < 4.78 is 58.5. The molecule has 2 aliphatic heterocycles. The van der Waals surface area contributed by atoms with Crippen LogP contribution in [-0.4, -0.2) is 72.2 Å². The predicted molar refractivity (Wildman–Crippen MR) is 168 cm³/mol. The quantitative estimate of drug-likeness (QED) is 0.185. The van der Waals surface area contributed by atoms with Gasteiger partial charge in [0.15, 0.2) is 11.5 Å². The van der Waals surface area contributed by atoms with E-state index in [9.17, 15) is 22.8 Å². The van der Waals surface area contributed by atoms with Gasteiger partial charge in [-0.3, -0.25) is 14.5 Å². The number of hydrogen-bond acceptors (Lipinski definition) is 6. The maximum atomic E-state index is 14.1. The predicted octanol–water partition coefficient (Wildman–Crippen LogP) is 6.19. The molecule has 0 unspecified atom stereocenters. The van der Waals surface area contributed by atoms with E-state index in [0.717, 1.165) is 29.8 Å². The van der Waals surface area contributed by atoms with Crippen LogP contribution in [-0.2, 0) is 32.3 Å². The number of benzene rings is 2. The van der Waals surface area contributed by atoms with Crippen molar-refractivity contribution < 1.29 is 37.0 Å². The number of amides is 1. The number of alkyl halides is 3. The first-order chi connectivity index (χ1) is 21.9. The number of methoxy groups -OCH3 is 1. The van der Waals surface area contributed by atoms with Crippen molar-refractivity contribution in [3.05, 3.63) is 77.4 Å². The molecule has 246 valence electrons. The molecule has 7 nitrogen and oxygen atoms in total. The van der Waals surface area contributed by atoms with Crippen molar-refractivity contribution in [1.82, 2.24) is 9.80 Å². The lowest BCUT2D eigenvalue weighted by molar-refractivity contribution is -0.223. The molecule has 2 fully saturated rings. The van der Waals surface area contributed by atoms with Gasteiger partial charge < -0.3 is 19.1 Å². The molecule has 6 rings (SSSR count). The summed E-state index contributed by atoms with van der Waals surface area (Å²) in [4.78, 5) is 31.2. The van der Waals surface area contributed by atoms with Crippen molar-refractivity contribution in [3.63, 3.8) is 0 Å². The fourth-order valence-corrected chi connectivity index (χ4v) is 8.72. The van der Waals surface area contributed by atoms with Crippen molar-refractivity contribution in [2.24, 2.45) is 5.92 Å². The number of rotatable bonds is 9. The molecule has 1 saturated carbocycles. The smallest absolute Gasteiger partial charge is 0.416 e. The summed E-state index contributed by atoms with van der Waals surface area (Å²) in [5, 5.41) is 0. The van der Waals surface area contributed by atoms with E-state index in [1.807, 2.05) is 30.9 Å². The summed E-state index contributed by atoms with van der Waals surface area (Å²) in [7, 11) is 1.61. The molecule has 1 spiro atoms. The number of halogens is 3. The summed E-state index contributed by atoms with van der Waals surface area (Å²) in [6, 6.07) is 8.29. The third-order valence-electron chi connectivity index (χ3n) is 10.3. The van der Waals surface area contributed by atoms with Crippen molar-refractivity contribution in [2.45, 2.75) is 81.8 Å². The number of ether oxygens (including phenoxy) is 3. The van der Waals surface area contributed by atoms with Gasteiger partial charge in [-0.2, -0.15) is 13.2 Å². The Morgan fingerprint density at radius 3 is 2.54 bits per heavy atom. The Bertz CT molecular complexity index is 1550. The number of nitrogens with zero attached hydrogens (tertiary/aromatic N) is 2. The van der Waals surface area contributed by atoms with Gasteiger partial charge in [0.1, 0.15) is 11.7 Å². The minimum Gasteiger partial charge on any atom is -0.493 e. The summed E-state index contributed by atoms with van der Waals surface area (Å²) >= 11 is 0. The minimum atomic E-state index is -4.44. The average molecular weight is 639 g/mol. The van der Waals surface area contributed by atoms with Crippen LogP contribution >= 0.6 is 0 Å². The van der Waals surface area contributed by atoms with Crippen LogP contribution < -0.4 is 9.47 Å². The topological polar surface area (TPSA) is 68.3 Å². The number of carbonyl (C=O) groups excluding carboxylic acids is 2. The lowest BCUT2D eigenvalue weighted by Gasteiger charge is -2.65. The molecule has 1 saturated heterocycles. The van der Waals surface area contributed by atoms with Crippen LogP contribution in [0.5, 0.6) is 11.5 Å². The van der Waals surface area contributed by atoms with Gasteiger partial charge in [-0.1, -0.05) is 38.1 Å². The molecular weight excluding hydrogens is 597 g/mol. The van der Waals surface area contributed by atoms with Crippen LogP contribution in [0.1, 0.15) is 62.3 Å². The first kappa shape index (κ1) is 32.2. The Balaban J connectivity index is 1.43. The summed E-state index contributed by atoms with van der Waals surface area (Å²) in [6.07, 6.45) is 2.33. The maximum Gasteiger partial charge on any atom is 0.416 e. The number of piperidine rings is 1. The second kappa shape index (κ2) is 11.8. The highest BCUT2D eigenvalue weighted by molar-refractivity contribution is 5.92. The van der Waals surface area contributed by atoms with Crippen LogP contribution in [0.15, 0.2) is 55.1 Å². The summed E-state index contributed by atoms with van der Waals surface area (Å²) in [5.74, 6) is 0.785. The van der Waals surface area contributed by atoms with Gasteiger partial charge in [0.2, 0.25) is 5.91 Å². The lowest BCUT2D eigenvalue weighted by atomic mass is 9.48. The monoisotopic (exact) mass is 638 g/mol. The zero-order valence-electron chi connectivity index (χ0n) is 26.7. The zero-order valence-corrected chi connectivity index (χ0v) is 26.7. The molecule has 10 heteroatoms. The Hall–Kier alpha value is -3.79. The highest BCUT2D eigenvalue weighted by Crippen LogP contribution is 2.67. The molecule has 2 aromatic rings. The van der Waals surface area contributed by atoms with Crippen molar-refractivity contribution in [2.75, 3.05) is 26.7 Å². The summed E-state index contributed by atoms with van der Waals surface area (Å²) in [6.45, 7) is 11.4. The van der Waals surface area contributed by atoms with E-state index in [-0.39, 0.29) is 29.9 Å². The average Bonchev–Trinajstić information content (AvgIpc) is 3.35. The number of hydrogen-bond donors (Lipinski definition) is 0. The fourth-order valence-electron chi connectivity index (χ4n) is 8.72. The van der Waals surface area contributed by atoms with Gasteiger partial charge in [-0.05, 0) is 67.0 Å². The van der Waals surface area contributed by atoms with E-state index in [0.29, 0.717) is 55.8 Å². The highest BCUT2D eigenvalue weighted by atomic mass is 19.4. The Morgan fingerprint density at radius 1 is 1.17 bits per heavy atom. The van der Waals surface area contributed by atoms with Crippen LogP contribution in [0.25, 0.3) is 6.08 Å². The highest BCUT2D eigenvalue weighted by Gasteiger charge is 2.75. The minimum absolute atomic E-state index is 0.101. The van der Waals surface area contributed by atoms with Gasteiger partial charge in [0, 0.05) is 38.2 Å². The third kappa shape index (κ3) is 5.00. The van der Waals surface area contributed by atoms with Crippen molar-refractivity contribution in [3.8, 4) is 11.5 Å². The Labute approximate surface area is 268 Å². The molecule has 2 heterocycles. The van der Waals surface area contributed by atoms with Gasteiger partial charge in [-0.15, -0.1) is 6.58 Å². The zero-order chi connectivity index (χ0) is 33.0. The van der Waals surface area contributed by atoms with E-state index in [1.165, 1.54) is 25.1 Å². The Morgan fingerprint density at radius 2 is 1.91 bits per heavy atom. The SMILES string of the molecule is C=CCN1CC[C@]23c4c5ccc(OC)c4O[C@H]2[C@@H](N(CC(C)C)C(=O)C=Cc2ccc(C(F)(F)F)cc2)CC[C@@]3(OC(C)=O)[C@H]1C5. The standard InChI is InChI=1S/C36H41F3N2O5/c1-6-18-40-19-17-34-31-25-10-13-28(44-5)32(31)45-33(34)27(15-16-35(34,29(40)20-25)46-23(4)42)41(21-22(2)3)30(43)14-9-24-7-11-26(12-8-24)36(37,38)39/h6-14,22,27,29,33H,1,15-21H2,2-5H3/t27-,29+,33-,34-,35+/m0/s1. The second-order valence-corrected chi connectivity index (χ2v) is 13.3. The molecule has 0 N–H and O–H groups in total. The van der Waals surface area contributed by atoms with Gasteiger partial charge in [-0.25, -0.2) is 0 Å². The van der Waals surface area contributed by atoms with Crippen molar-refractivity contribution >= 4 is 18.0 Å². The van der Waals surface area contributed by atoms with Crippen LogP contribution in [0.2, 0.25) is 0 Å². The van der Waals surface area contributed by atoms with Gasteiger partial charge >= 0.3 is 12.1 Å². The largest absolute Gasteiger partial charge is 0.493 e. The van der Waals surface area contributed by atoms with E-state index >= 15 is 0 Å². The second-order valence-electron chi connectivity index (χ2n) is 13.3. The first-order valence-electron chi connectivity index (χ1n) is 15.9. The molecule has 2 aromatic carbocycles. The Kier molecular flexibility index (Phi) is 8.24. The molecule has 0 radical (unpaired) electrons. The summed E-state index contributed by atoms with van der Waals surface area (Å²) in [5.41, 5.74) is 0.306. The fraction of sp³-hybridized carbons (Fsp3) is 0.500. The van der Waals surface area contributed by atoms with Crippen molar-refractivity contribution in [1.29, 1.82) is 0 Å². The molecular formula is C36H41F3N2O5. The van der Waals surface area contributed by atoms with Gasteiger partial charge in [0.05, 0.1) is 30.2 Å². The molecule has 2 bridgehead atoms. The van der Waals surface area contributed by atoms with E-state index < -0.39 is 28.9 Å². The van der Waals surface area contributed by atoms with Gasteiger partial charge in [0.25, 0.3) is 0 Å². The molecule has 1 amide bonds. The van der Waals surface area contributed by atoms with Crippen LogP contribution in [0, 0.1) is 5.92 Å². The third-order valence-corrected chi connectivity index (χ3v) is 10.3. The normalized spacial score (nSPS) is 28.0. The lowest BCUT2D eigenvalue weighted by Crippen LogP contribution is -2.79. The molecule has 4 aliphatic rings.